The van der Waals surface area contributed by atoms with E-state index in [1.165, 1.54) is 23.1 Å². The molecule has 8 nitrogen and oxygen atoms in total. The number of carbonyl (C=O) groups excluding carboxylic acids is 1. The summed E-state index contributed by atoms with van der Waals surface area (Å²) in [4.78, 5) is 11.9. The maximum absolute atomic E-state index is 11.9. The van der Waals surface area contributed by atoms with Gasteiger partial charge in [-0.3, -0.25) is 14.7 Å². The summed E-state index contributed by atoms with van der Waals surface area (Å²) in [6, 6.07) is 3.59. The van der Waals surface area contributed by atoms with Crippen LogP contribution in [0.15, 0.2) is 46.1 Å². The molecule has 0 spiro atoms. The highest BCUT2D eigenvalue weighted by molar-refractivity contribution is 7.99. The van der Waals surface area contributed by atoms with Crippen LogP contribution in [0.2, 0.25) is 0 Å². The van der Waals surface area contributed by atoms with E-state index in [2.05, 4.69) is 32.3 Å². The first-order valence-electron chi connectivity index (χ1n) is 6.54. The van der Waals surface area contributed by atoms with E-state index in [0.717, 1.165) is 0 Å². The molecule has 1 N–H and O–H groups in total. The Morgan fingerprint density at radius 3 is 3.09 bits per heavy atom. The van der Waals surface area contributed by atoms with E-state index in [1.807, 2.05) is 4.57 Å². The maximum Gasteiger partial charge on any atom is 0.236 e. The molecular weight excluding hydrogens is 336 g/mol. The maximum atomic E-state index is 11.9. The number of aromatic nitrogens is 5. The van der Waals surface area contributed by atoms with Crippen molar-refractivity contribution < 1.29 is 9.21 Å². The van der Waals surface area contributed by atoms with Crippen molar-refractivity contribution in [3.63, 3.8) is 0 Å². The minimum absolute atomic E-state index is 0.181. The Bertz CT molecular complexity index is 782. The standard InChI is InChI=1S/C13H12N6O2S2/c1-2-5-19-11(9-4-3-6-21-9)16-18-13(19)22-7-10(20)15-12-17-14-8-23-12/h2-4,6,8H,1,5,7H2,(H,15,17,20). The third kappa shape index (κ3) is 3.66. The van der Waals surface area contributed by atoms with Gasteiger partial charge in [-0.1, -0.05) is 29.2 Å². The predicted molar refractivity (Wildman–Crippen MR) is 87.2 cm³/mol. The average Bonchev–Trinajstić information content (AvgIpc) is 3.27. The zero-order chi connectivity index (χ0) is 16.1. The molecule has 0 saturated carbocycles. The molecule has 118 valence electrons. The van der Waals surface area contributed by atoms with Crippen molar-refractivity contribution in [2.75, 3.05) is 11.1 Å². The lowest BCUT2D eigenvalue weighted by Gasteiger charge is -2.05. The molecule has 10 heteroatoms. The monoisotopic (exact) mass is 348 g/mol. The van der Waals surface area contributed by atoms with Crippen molar-refractivity contribution >= 4 is 34.1 Å². The Morgan fingerprint density at radius 2 is 2.39 bits per heavy atom. The minimum Gasteiger partial charge on any atom is -0.461 e. The summed E-state index contributed by atoms with van der Waals surface area (Å²) in [5, 5.41) is 19.4. The van der Waals surface area contributed by atoms with Gasteiger partial charge in [0, 0.05) is 6.54 Å². The Balaban J connectivity index is 1.70. The van der Waals surface area contributed by atoms with E-state index in [-0.39, 0.29) is 11.7 Å². The summed E-state index contributed by atoms with van der Waals surface area (Å²) in [6.45, 7) is 4.25. The molecule has 3 heterocycles. The highest BCUT2D eigenvalue weighted by atomic mass is 32.2. The van der Waals surface area contributed by atoms with Crippen molar-refractivity contribution in [2.45, 2.75) is 11.7 Å². The van der Waals surface area contributed by atoms with Gasteiger partial charge >= 0.3 is 0 Å². The van der Waals surface area contributed by atoms with Crippen LogP contribution in [0.25, 0.3) is 11.6 Å². The molecule has 0 atom stereocenters. The Kier molecular flexibility index (Phi) is 4.83. The molecule has 3 aromatic heterocycles. The van der Waals surface area contributed by atoms with Crippen molar-refractivity contribution in [2.24, 2.45) is 0 Å². The third-order valence-corrected chi connectivity index (χ3v) is 4.28. The minimum atomic E-state index is -0.181. The molecule has 0 aliphatic carbocycles. The fraction of sp³-hybridized carbons (Fsp3) is 0.154. The molecule has 23 heavy (non-hydrogen) atoms. The van der Waals surface area contributed by atoms with Gasteiger partial charge in [0.2, 0.25) is 16.9 Å². The van der Waals surface area contributed by atoms with Crippen LogP contribution in [0.1, 0.15) is 0 Å². The number of furan rings is 1. The fourth-order valence-corrected chi connectivity index (χ4v) is 3.00. The second-order valence-corrected chi connectivity index (χ2v) is 6.04. The molecular formula is C13H12N6O2S2. The summed E-state index contributed by atoms with van der Waals surface area (Å²) in [7, 11) is 0. The molecule has 3 rings (SSSR count). The van der Waals surface area contributed by atoms with Crippen molar-refractivity contribution in [3.05, 3.63) is 36.6 Å². The summed E-state index contributed by atoms with van der Waals surface area (Å²) < 4.78 is 7.20. The number of hydrogen-bond acceptors (Lipinski definition) is 8. The number of nitrogens with one attached hydrogen (secondary N) is 1. The summed E-state index contributed by atoms with van der Waals surface area (Å²) >= 11 is 2.54. The van der Waals surface area contributed by atoms with Gasteiger partial charge in [-0.05, 0) is 12.1 Å². The molecule has 0 aliphatic rings. The SMILES string of the molecule is C=CCn1c(SCC(=O)Nc2nncs2)nnc1-c1ccco1. The van der Waals surface area contributed by atoms with Gasteiger partial charge in [0.05, 0.1) is 12.0 Å². The number of rotatable bonds is 7. The molecule has 0 radical (unpaired) electrons. The summed E-state index contributed by atoms with van der Waals surface area (Å²) in [6.07, 6.45) is 3.31. The molecule has 0 fully saturated rings. The number of carbonyl (C=O) groups is 1. The Labute approximate surface area is 139 Å². The van der Waals surface area contributed by atoms with Crippen LogP contribution >= 0.6 is 23.1 Å². The lowest BCUT2D eigenvalue weighted by molar-refractivity contribution is -0.113. The van der Waals surface area contributed by atoms with Crippen molar-refractivity contribution in [1.82, 2.24) is 25.0 Å². The molecule has 0 aromatic carbocycles. The van der Waals surface area contributed by atoms with E-state index in [9.17, 15) is 4.79 Å². The predicted octanol–water partition coefficient (Wildman–Crippen LogP) is 2.31. The first-order valence-corrected chi connectivity index (χ1v) is 8.41. The summed E-state index contributed by atoms with van der Waals surface area (Å²) in [5.41, 5.74) is 1.55. The van der Waals surface area contributed by atoms with Gasteiger partial charge in [-0.25, -0.2) is 0 Å². The zero-order valence-corrected chi connectivity index (χ0v) is 13.5. The number of hydrogen-bond donors (Lipinski definition) is 1. The average molecular weight is 348 g/mol. The molecule has 0 aliphatic heterocycles. The van der Waals surface area contributed by atoms with Crippen LogP contribution in [-0.4, -0.2) is 36.6 Å². The Hall–Kier alpha value is -2.46. The largest absolute Gasteiger partial charge is 0.461 e. The van der Waals surface area contributed by atoms with Crippen LogP contribution in [0.5, 0.6) is 0 Å². The molecule has 0 unspecified atom stereocenters. The van der Waals surface area contributed by atoms with E-state index < -0.39 is 0 Å². The lowest BCUT2D eigenvalue weighted by atomic mass is 10.4. The fourth-order valence-electron chi connectivity index (χ4n) is 1.79. The van der Waals surface area contributed by atoms with Crippen LogP contribution in [0.4, 0.5) is 5.13 Å². The smallest absolute Gasteiger partial charge is 0.236 e. The molecule has 1 amide bonds. The van der Waals surface area contributed by atoms with Gasteiger partial charge in [-0.15, -0.1) is 27.0 Å². The van der Waals surface area contributed by atoms with E-state index >= 15 is 0 Å². The summed E-state index contributed by atoms with van der Waals surface area (Å²) in [5.74, 6) is 1.22. The number of amides is 1. The second kappa shape index (κ2) is 7.20. The van der Waals surface area contributed by atoms with E-state index in [4.69, 9.17) is 4.42 Å². The first-order chi connectivity index (χ1) is 11.3. The second-order valence-electron chi connectivity index (χ2n) is 4.26. The van der Waals surface area contributed by atoms with Crippen molar-refractivity contribution in [3.8, 4) is 11.6 Å². The number of anilines is 1. The third-order valence-electron chi connectivity index (χ3n) is 2.71. The molecule has 3 aromatic rings. The lowest BCUT2D eigenvalue weighted by Crippen LogP contribution is -2.14. The topological polar surface area (TPSA) is 98.7 Å². The van der Waals surface area contributed by atoms with Gasteiger partial charge in [0.25, 0.3) is 0 Å². The number of allylic oxidation sites excluding steroid dienone is 1. The molecule has 0 bridgehead atoms. The number of nitrogens with zero attached hydrogens (tertiary/aromatic N) is 5. The number of thioether (sulfide) groups is 1. The Morgan fingerprint density at radius 1 is 1.48 bits per heavy atom. The van der Waals surface area contributed by atoms with Crippen molar-refractivity contribution in [1.29, 1.82) is 0 Å². The van der Waals surface area contributed by atoms with Gasteiger partial charge in [0.15, 0.2) is 10.9 Å². The zero-order valence-electron chi connectivity index (χ0n) is 11.9. The van der Waals surface area contributed by atoms with Crippen LogP contribution < -0.4 is 5.32 Å². The van der Waals surface area contributed by atoms with Gasteiger partial charge in [0.1, 0.15) is 5.51 Å². The molecule has 0 saturated heterocycles. The van der Waals surface area contributed by atoms with Crippen LogP contribution in [-0.2, 0) is 11.3 Å². The van der Waals surface area contributed by atoms with Crippen LogP contribution in [0, 0.1) is 0 Å². The first kappa shape index (κ1) is 15.4. The quantitative estimate of drug-likeness (QED) is 0.516. The normalized spacial score (nSPS) is 10.6. The van der Waals surface area contributed by atoms with E-state index in [1.54, 1.807) is 30.0 Å². The van der Waals surface area contributed by atoms with Gasteiger partial charge < -0.3 is 4.42 Å². The highest BCUT2D eigenvalue weighted by Gasteiger charge is 2.16. The van der Waals surface area contributed by atoms with E-state index in [0.29, 0.717) is 28.4 Å². The van der Waals surface area contributed by atoms with Crippen LogP contribution in [0.3, 0.4) is 0 Å². The van der Waals surface area contributed by atoms with Gasteiger partial charge in [-0.2, -0.15) is 0 Å². The highest BCUT2D eigenvalue weighted by Crippen LogP contribution is 2.24.